The maximum atomic E-state index is 12.9. The summed E-state index contributed by atoms with van der Waals surface area (Å²) >= 11 is 0. The quantitative estimate of drug-likeness (QED) is 0.896. The molecular formula is C21H25N3O2. The van der Waals surface area contributed by atoms with E-state index in [0.29, 0.717) is 6.42 Å². The van der Waals surface area contributed by atoms with Gasteiger partial charge in [-0.2, -0.15) is 0 Å². The summed E-state index contributed by atoms with van der Waals surface area (Å²) in [6.07, 6.45) is 6.71. The zero-order valence-corrected chi connectivity index (χ0v) is 15.1. The van der Waals surface area contributed by atoms with Crippen LogP contribution in [0.15, 0.2) is 53.2 Å². The lowest BCUT2D eigenvalue weighted by atomic mass is 10.1. The van der Waals surface area contributed by atoms with Crippen molar-refractivity contribution >= 4 is 11.6 Å². The summed E-state index contributed by atoms with van der Waals surface area (Å²) in [5.74, 6) is 0.866. The van der Waals surface area contributed by atoms with Gasteiger partial charge in [-0.15, -0.1) is 0 Å². The zero-order chi connectivity index (χ0) is 17.9. The van der Waals surface area contributed by atoms with Crippen LogP contribution in [-0.4, -0.2) is 35.5 Å². The van der Waals surface area contributed by atoms with Crippen molar-refractivity contribution in [2.75, 3.05) is 19.6 Å². The van der Waals surface area contributed by atoms with Gasteiger partial charge in [-0.1, -0.05) is 29.8 Å². The van der Waals surface area contributed by atoms with Crippen LogP contribution in [0.1, 0.15) is 42.2 Å². The van der Waals surface area contributed by atoms with Crippen molar-refractivity contribution in [3.8, 4) is 0 Å². The summed E-state index contributed by atoms with van der Waals surface area (Å²) in [7, 11) is 0. The monoisotopic (exact) mass is 351 g/mol. The summed E-state index contributed by atoms with van der Waals surface area (Å²) < 4.78 is 5.59. The molecule has 2 aliphatic heterocycles. The number of rotatable bonds is 5. The van der Waals surface area contributed by atoms with Crippen LogP contribution < -0.4 is 5.43 Å². The molecule has 5 nitrogen and oxygen atoms in total. The fourth-order valence-electron chi connectivity index (χ4n) is 3.63. The molecule has 2 aliphatic rings. The molecule has 0 aliphatic carbocycles. The Bertz CT molecular complexity index is 774. The van der Waals surface area contributed by atoms with E-state index in [2.05, 4.69) is 47.6 Å². The van der Waals surface area contributed by atoms with Crippen molar-refractivity contribution in [3.63, 3.8) is 0 Å². The van der Waals surface area contributed by atoms with Crippen LogP contribution in [0.5, 0.6) is 0 Å². The van der Waals surface area contributed by atoms with Crippen LogP contribution in [0.2, 0.25) is 0 Å². The molecule has 4 rings (SSSR count). The van der Waals surface area contributed by atoms with Crippen molar-refractivity contribution < 1.29 is 9.21 Å². The van der Waals surface area contributed by atoms with E-state index in [1.807, 2.05) is 12.1 Å². The van der Waals surface area contributed by atoms with Gasteiger partial charge in [-0.25, -0.2) is 5.01 Å². The maximum absolute atomic E-state index is 12.9. The third kappa shape index (κ3) is 3.53. The van der Waals surface area contributed by atoms with E-state index >= 15 is 0 Å². The molecule has 3 heterocycles. The molecule has 2 aromatic rings. The van der Waals surface area contributed by atoms with Gasteiger partial charge in [0, 0.05) is 13.0 Å². The number of amides is 1. The first kappa shape index (κ1) is 16.9. The highest BCUT2D eigenvalue weighted by Crippen LogP contribution is 2.32. The van der Waals surface area contributed by atoms with Crippen LogP contribution in [0.3, 0.4) is 0 Å². The number of carbonyl (C=O) groups is 1. The van der Waals surface area contributed by atoms with Gasteiger partial charge in [0.25, 0.3) is 0 Å². The molecule has 0 radical (unpaired) electrons. The second kappa shape index (κ2) is 7.38. The van der Waals surface area contributed by atoms with Crippen LogP contribution in [0, 0.1) is 6.92 Å². The van der Waals surface area contributed by atoms with Crippen molar-refractivity contribution in [1.29, 1.82) is 0 Å². The van der Waals surface area contributed by atoms with Gasteiger partial charge < -0.3 is 9.32 Å². The minimum Gasteiger partial charge on any atom is -0.467 e. The molecular weight excluding hydrogens is 326 g/mol. The Hall–Kier alpha value is -2.53. The van der Waals surface area contributed by atoms with Gasteiger partial charge in [0.05, 0.1) is 12.0 Å². The highest BCUT2D eigenvalue weighted by Gasteiger charge is 2.32. The van der Waals surface area contributed by atoms with Gasteiger partial charge in [-0.05, 0) is 56.6 Å². The van der Waals surface area contributed by atoms with Crippen molar-refractivity contribution in [1.82, 2.24) is 15.3 Å². The van der Waals surface area contributed by atoms with Gasteiger partial charge in [0.2, 0.25) is 5.91 Å². The van der Waals surface area contributed by atoms with Crippen molar-refractivity contribution in [2.45, 2.75) is 32.2 Å². The fourth-order valence-corrected chi connectivity index (χ4v) is 3.63. The minimum atomic E-state index is -0.215. The van der Waals surface area contributed by atoms with Crippen LogP contribution in [-0.2, 0) is 4.79 Å². The van der Waals surface area contributed by atoms with Gasteiger partial charge in [0.15, 0.2) is 0 Å². The fraction of sp³-hybridized carbons (Fsp3) is 0.381. The lowest BCUT2D eigenvalue weighted by molar-refractivity contribution is -0.135. The average Bonchev–Trinajstić information content (AvgIpc) is 3.41. The summed E-state index contributed by atoms with van der Waals surface area (Å²) in [5, 5.41) is 1.71. The van der Waals surface area contributed by atoms with E-state index in [4.69, 9.17) is 4.42 Å². The number of hydrazine groups is 1. The first-order chi connectivity index (χ1) is 12.7. The molecule has 1 saturated heterocycles. The number of carbonyl (C=O) groups excluding carboxylic acids is 1. The number of furan rings is 1. The molecule has 0 bridgehead atoms. The minimum absolute atomic E-state index is 0.0941. The van der Waals surface area contributed by atoms with E-state index in [9.17, 15) is 4.79 Å². The molecule has 26 heavy (non-hydrogen) atoms. The topological polar surface area (TPSA) is 48.7 Å². The van der Waals surface area contributed by atoms with E-state index < -0.39 is 0 Å². The maximum Gasteiger partial charge on any atom is 0.243 e. The summed E-state index contributed by atoms with van der Waals surface area (Å²) in [6.45, 7) is 5.10. The van der Waals surface area contributed by atoms with Crippen LogP contribution in [0.25, 0.3) is 5.70 Å². The smallest absolute Gasteiger partial charge is 0.243 e. The number of nitrogens with zero attached hydrogens (tertiary/aromatic N) is 2. The number of aryl methyl sites for hydroxylation is 1. The number of likely N-dealkylation sites (tertiary alicyclic amines) is 1. The van der Waals surface area contributed by atoms with Crippen LogP contribution in [0.4, 0.5) is 0 Å². The summed E-state index contributed by atoms with van der Waals surface area (Å²) in [6, 6.07) is 11.9. The van der Waals surface area contributed by atoms with Gasteiger partial charge >= 0.3 is 0 Å². The molecule has 1 aromatic carbocycles. The van der Waals surface area contributed by atoms with Gasteiger partial charge in [-0.3, -0.25) is 10.2 Å². The molecule has 0 spiro atoms. The normalized spacial score (nSPS) is 20.3. The second-order valence-corrected chi connectivity index (χ2v) is 7.08. The molecule has 136 valence electrons. The van der Waals surface area contributed by atoms with Crippen molar-refractivity contribution in [2.24, 2.45) is 0 Å². The standard InChI is InChI=1S/C21H25N3O2/c1-16-6-8-17(9-7-16)18-15-19(20-5-4-14-26-20)24(22-18)21(25)10-13-23-11-2-3-12-23/h4-9,14-15,19,22H,2-3,10-13H2,1H3/t19-/m0/s1. The van der Waals surface area contributed by atoms with E-state index in [0.717, 1.165) is 36.7 Å². The Morgan fingerprint density at radius 3 is 2.65 bits per heavy atom. The first-order valence-electron chi connectivity index (χ1n) is 9.34. The summed E-state index contributed by atoms with van der Waals surface area (Å²) in [5.41, 5.74) is 6.54. The first-order valence-corrected chi connectivity index (χ1v) is 9.34. The molecule has 1 aromatic heterocycles. The highest BCUT2D eigenvalue weighted by molar-refractivity contribution is 5.81. The molecule has 5 heteroatoms. The Morgan fingerprint density at radius 2 is 1.96 bits per heavy atom. The Balaban J connectivity index is 1.51. The largest absolute Gasteiger partial charge is 0.467 e. The third-order valence-corrected chi connectivity index (χ3v) is 5.15. The predicted octanol–water partition coefficient (Wildman–Crippen LogP) is 3.50. The number of hydrogen-bond acceptors (Lipinski definition) is 4. The number of benzene rings is 1. The average molecular weight is 351 g/mol. The SMILES string of the molecule is Cc1ccc(C2=C[C@@H](c3ccco3)N(C(=O)CCN3CCCC3)N2)cc1. The molecule has 1 atom stereocenters. The Labute approximate surface area is 154 Å². The molecule has 1 fully saturated rings. The Morgan fingerprint density at radius 1 is 1.19 bits per heavy atom. The van der Waals surface area contributed by atoms with E-state index in [-0.39, 0.29) is 11.9 Å². The molecule has 0 saturated carbocycles. The van der Waals surface area contributed by atoms with Crippen LogP contribution >= 0.6 is 0 Å². The lowest BCUT2D eigenvalue weighted by Crippen LogP contribution is -2.40. The molecule has 1 amide bonds. The van der Waals surface area contributed by atoms with Gasteiger partial charge in [0.1, 0.15) is 11.8 Å². The third-order valence-electron chi connectivity index (χ3n) is 5.15. The Kier molecular flexibility index (Phi) is 4.80. The van der Waals surface area contributed by atoms with E-state index in [1.165, 1.54) is 18.4 Å². The van der Waals surface area contributed by atoms with E-state index in [1.54, 1.807) is 11.3 Å². The predicted molar refractivity (Wildman–Crippen MR) is 101 cm³/mol. The van der Waals surface area contributed by atoms with Crippen molar-refractivity contribution in [3.05, 3.63) is 65.6 Å². The lowest BCUT2D eigenvalue weighted by Gasteiger charge is -2.25. The highest BCUT2D eigenvalue weighted by atomic mass is 16.3. The number of hydrogen-bond donors (Lipinski definition) is 1. The summed E-state index contributed by atoms with van der Waals surface area (Å²) in [4.78, 5) is 15.3. The molecule has 1 N–H and O–H groups in total. The number of nitrogens with one attached hydrogen (secondary N) is 1. The molecule has 0 unspecified atom stereocenters. The second-order valence-electron chi connectivity index (χ2n) is 7.08. The zero-order valence-electron chi connectivity index (χ0n) is 15.1.